The Labute approximate surface area is 416 Å². The fourth-order valence-electron chi connectivity index (χ4n) is 9.12. The first-order valence-electron chi connectivity index (χ1n) is 24.1. The molecule has 4 nitrogen and oxygen atoms in total. The number of hydrogen-bond donors (Lipinski definition) is 0. The van der Waals surface area contributed by atoms with Crippen LogP contribution in [-0.4, -0.2) is 22.6 Å². The standard InChI is InChI=1S/C48H31N2O.C14H16NSi.Ir/c1-31-26-28-34(29-27-31)41-30-44-45(38-19-9-8-18-37(38)41)39-22-13-23-40(47(39)51-44)48-49-42-24-10-11-25-43(42)50(48)46-35(32-14-4-2-5-15-32)20-12-21-36(46)33-16-6-3-7-17-33;1-16(2,3)13-9-10-14(15-11-13)12-7-5-4-6-8-12;/h2-22,24-30H,1H3;4-7,9-11H,1-3H3;/q2*-1;/i1D3;;. The van der Waals surface area contributed by atoms with Gasteiger partial charge in [0.05, 0.1) is 36.2 Å². The van der Waals surface area contributed by atoms with Crippen molar-refractivity contribution in [1.82, 2.24) is 14.5 Å². The Hall–Kier alpha value is -7.47. The minimum absolute atomic E-state index is 0. The Morgan fingerprint density at radius 3 is 1.90 bits per heavy atom. The first-order valence-corrected chi connectivity index (χ1v) is 26.1. The fourth-order valence-corrected chi connectivity index (χ4v) is 10.2. The van der Waals surface area contributed by atoms with Gasteiger partial charge in [0, 0.05) is 46.9 Å². The molecule has 68 heavy (non-hydrogen) atoms. The summed E-state index contributed by atoms with van der Waals surface area (Å²) in [6.45, 7) is 4.82. The van der Waals surface area contributed by atoms with Crippen molar-refractivity contribution >= 4 is 57.0 Å². The molecular formula is C62H47IrN3OSi-2. The molecule has 0 unspecified atom stereocenters. The number of pyridine rings is 1. The Kier molecular flexibility index (Phi) is 11.2. The van der Waals surface area contributed by atoms with Gasteiger partial charge in [0.2, 0.25) is 0 Å². The van der Waals surface area contributed by atoms with Crippen LogP contribution in [0, 0.1) is 19.0 Å². The molecular weight excluding hydrogens is 1020 g/mol. The van der Waals surface area contributed by atoms with Crippen molar-refractivity contribution < 1.29 is 28.6 Å². The molecule has 12 aromatic rings. The van der Waals surface area contributed by atoms with Crippen LogP contribution in [0.4, 0.5) is 0 Å². The molecule has 0 aliphatic carbocycles. The molecule has 0 atom stereocenters. The predicted molar refractivity (Wildman–Crippen MR) is 283 cm³/mol. The van der Waals surface area contributed by atoms with E-state index in [1.165, 1.54) is 5.19 Å². The van der Waals surface area contributed by atoms with Gasteiger partial charge in [0.25, 0.3) is 0 Å². The van der Waals surface area contributed by atoms with Gasteiger partial charge in [0.1, 0.15) is 5.58 Å². The van der Waals surface area contributed by atoms with E-state index in [0.29, 0.717) is 11.1 Å². The molecule has 3 heterocycles. The summed E-state index contributed by atoms with van der Waals surface area (Å²) in [5.41, 5.74) is 13.7. The number of rotatable bonds is 7. The van der Waals surface area contributed by atoms with Crippen LogP contribution in [0.2, 0.25) is 19.6 Å². The molecule has 1 radical (unpaired) electrons. The van der Waals surface area contributed by atoms with E-state index in [0.717, 1.165) is 99.9 Å². The summed E-state index contributed by atoms with van der Waals surface area (Å²) >= 11 is 0. The zero-order chi connectivity index (χ0) is 48.0. The van der Waals surface area contributed by atoms with Crippen molar-refractivity contribution in [2.45, 2.75) is 26.5 Å². The van der Waals surface area contributed by atoms with Gasteiger partial charge < -0.3 is 14.0 Å². The van der Waals surface area contributed by atoms with Gasteiger partial charge >= 0.3 is 0 Å². The number of aryl methyl sites for hydroxylation is 1. The zero-order valence-corrected chi connectivity index (χ0v) is 41.2. The summed E-state index contributed by atoms with van der Waals surface area (Å²) in [5.74, 6) is 0.728. The summed E-state index contributed by atoms with van der Waals surface area (Å²) in [5, 5.41) is 5.48. The number of furan rings is 1. The molecule has 9 aromatic carbocycles. The molecule has 0 aliphatic heterocycles. The van der Waals surface area contributed by atoms with Gasteiger partial charge in [-0.3, -0.25) is 4.98 Å². The van der Waals surface area contributed by atoms with Gasteiger partial charge in [0.15, 0.2) is 0 Å². The number of fused-ring (bicyclic) bond motifs is 6. The van der Waals surface area contributed by atoms with Crippen molar-refractivity contribution in [1.29, 1.82) is 0 Å². The van der Waals surface area contributed by atoms with Gasteiger partial charge in [-0.1, -0.05) is 188 Å². The van der Waals surface area contributed by atoms with Gasteiger partial charge in [-0.2, -0.15) is 0 Å². The molecule has 0 fully saturated rings. The van der Waals surface area contributed by atoms with Crippen LogP contribution in [0.1, 0.15) is 9.68 Å². The molecule has 3 aromatic heterocycles. The van der Waals surface area contributed by atoms with Crippen LogP contribution in [0.15, 0.2) is 217 Å². The van der Waals surface area contributed by atoms with Gasteiger partial charge in [-0.05, 0) is 69.0 Å². The maximum atomic E-state index is 7.86. The summed E-state index contributed by atoms with van der Waals surface area (Å²) in [6, 6.07) is 76.3. The number of imidazole rings is 1. The zero-order valence-electron chi connectivity index (χ0n) is 40.8. The third kappa shape index (κ3) is 8.33. The third-order valence-corrected chi connectivity index (χ3v) is 14.5. The quantitative estimate of drug-likeness (QED) is 0.118. The van der Waals surface area contributed by atoms with Crippen LogP contribution < -0.4 is 5.19 Å². The van der Waals surface area contributed by atoms with E-state index < -0.39 is 14.9 Å². The predicted octanol–water partition coefficient (Wildman–Crippen LogP) is 15.9. The summed E-state index contributed by atoms with van der Waals surface area (Å²) in [7, 11) is -1.23. The van der Waals surface area contributed by atoms with Crippen LogP contribution in [0.5, 0.6) is 0 Å². The third-order valence-electron chi connectivity index (χ3n) is 12.5. The van der Waals surface area contributed by atoms with Crippen LogP contribution >= 0.6 is 0 Å². The summed E-state index contributed by atoms with van der Waals surface area (Å²) in [4.78, 5) is 9.85. The minimum Gasteiger partial charge on any atom is -0.500 e. The Balaban J connectivity index is 0.000000292. The molecule has 0 aliphatic rings. The molecule has 0 saturated heterocycles. The molecule has 6 heteroatoms. The van der Waals surface area contributed by atoms with E-state index in [4.69, 9.17) is 13.5 Å². The Bertz CT molecular complexity index is 3770. The van der Waals surface area contributed by atoms with Crippen LogP contribution in [-0.2, 0) is 20.1 Å². The monoisotopic (exact) mass is 1070 g/mol. The SMILES string of the molecule is C[Si](C)(C)c1ccc(-c2[c-]cccc2)nc1.[2H]C([2H])([2H])c1ccc(-c2cc3oc4c(-c5nc6ccccc6n5-c5c(-c6ccccc6)cccc5-c5ccccc5)[c-]ccc4c3c3ccccc23)cc1.[Ir]. The average Bonchev–Trinajstić information content (AvgIpc) is 3.98. The average molecular weight is 1070 g/mol. The number of nitrogens with zero attached hydrogens (tertiary/aromatic N) is 3. The molecule has 0 amide bonds. The number of hydrogen-bond acceptors (Lipinski definition) is 3. The number of aromatic nitrogens is 3. The molecule has 0 saturated carbocycles. The molecule has 0 bridgehead atoms. The maximum absolute atomic E-state index is 7.86. The second-order valence-electron chi connectivity index (χ2n) is 17.8. The minimum atomic E-state index is -2.17. The Morgan fingerprint density at radius 1 is 0.574 bits per heavy atom. The number of para-hydroxylation sites is 3. The van der Waals surface area contributed by atoms with Gasteiger partial charge in [-0.15, -0.1) is 54.1 Å². The van der Waals surface area contributed by atoms with Crippen molar-refractivity contribution in [2.24, 2.45) is 0 Å². The molecule has 12 rings (SSSR count). The fraction of sp³-hybridized carbons (Fsp3) is 0.0645. The smallest absolute Gasteiger partial charge is 0.122 e. The molecule has 0 N–H and O–H groups in total. The number of benzene rings is 9. The van der Waals surface area contributed by atoms with E-state index in [2.05, 4.69) is 163 Å². The van der Waals surface area contributed by atoms with E-state index in [9.17, 15) is 0 Å². The Morgan fingerprint density at radius 2 is 1.24 bits per heavy atom. The van der Waals surface area contributed by atoms with Crippen molar-refractivity contribution in [3.63, 3.8) is 0 Å². The molecule has 331 valence electrons. The maximum Gasteiger partial charge on any atom is 0.122 e. The van der Waals surface area contributed by atoms with Crippen LogP contribution in [0.3, 0.4) is 0 Å². The second-order valence-corrected chi connectivity index (χ2v) is 22.8. The molecule has 0 spiro atoms. The van der Waals surface area contributed by atoms with Crippen molar-refractivity contribution in [3.8, 4) is 61.7 Å². The second kappa shape index (κ2) is 18.7. The topological polar surface area (TPSA) is 43.9 Å². The summed E-state index contributed by atoms with van der Waals surface area (Å²) in [6.07, 6.45) is 2.02. The normalized spacial score (nSPS) is 12.2. The van der Waals surface area contributed by atoms with Gasteiger partial charge in [-0.25, -0.2) is 0 Å². The first-order chi connectivity index (χ1) is 34.0. The van der Waals surface area contributed by atoms with Crippen molar-refractivity contribution in [3.05, 3.63) is 230 Å². The largest absolute Gasteiger partial charge is 0.500 e. The van der Waals surface area contributed by atoms with Crippen LogP contribution in [0.25, 0.3) is 105 Å². The van der Waals surface area contributed by atoms with E-state index >= 15 is 0 Å². The first kappa shape index (κ1) is 40.8. The van der Waals surface area contributed by atoms with E-state index in [1.54, 1.807) is 12.1 Å². The van der Waals surface area contributed by atoms with E-state index in [1.807, 2.05) is 79.0 Å². The van der Waals surface area contributed by atoms with Crippen molar-refractivity contribution in [2.75, 3.05) is 0 Å². The summed E-state index contributed by atoms with van der Waals surface area (Å²) < 4.78 is 32.8. The van der Waals surface area contributed by atoms with E-state index in [-0.39, 0.29) is 20.1 Å².